The van der Waals surface area contributed by atoms with E-state index in [9.17, 15) is 26.7 Å². The molecule has 0 aromatic heterocycles. The molecule has 2 bridgehead atoms. The Morgan fingerprint density at radius 3 is 2.73 bits per heavy atom. The van der Waals surface area contributed by atoms with Crippen LogP contribution in [0.1, 0.15) is 5.56 Å². The fraction of sp³-hybridized carbons (Fsp3) is 0.409. The molecule has 2 aromatic rings. The van der Waals surface area contributed by atoms with Crippen molar-refractivity contribution in [3.63, 3.8) is 0 Å². The number of benzene rings is 2. The highest BCUT2D eigenvalue weighted by molar-refractivity contribution is 7.97. The molecule has 178 valence electrons. The van der Waals surface area contributed by atoms with Crippen LogP contribution >= 0.6 is 11.9 Å². The number of para-hydroxylation sites is 1. The van der Waals surface area contributed by atoms with Gasteiger partial charge in [-0.25, -0.2) is 22.7 Å². The van der Waals surface area contributed by atoms with Crippen molar-refractivity contribution in [3.8, 4) is 16.9 Å². The molecule has 5 nitrogen and oxygen atoms in total. The first-order chi connectivity index (χ1) is 15.7. The molecule has 2 aliphatic rings. The SMILES string of the molecule is CN1CCOc2c(F)cccc2-c2cccc(c2)CC2C(NSC(F)F)C(F)(F)CN2C1=O. The van der Waals surface area contributed by atoms with Gasteiger partial charge in [0.15, 0.2) is 11.6 Å². The molecule has 2 aliphatic heterocycles. The lowest BCUT2D eigenvalue weighted by Crippen LogP contribution is -2.50. The first-order valence-electron chi connectivity index (χ1n) is 10.3. The van der Waals surface area contributed by atoms with Gasteiger partial charge in [-0.2, -0.15) is 8.78 Å². The largest absolute Gasteiger partial charge is 0.488 e. The van der Waals surface area contributed by atoms with Crippen LogP contribution in [0.5, 0.6) is 5.75 Å². The van der Waals surface area contributed by atoms with Gasteiger partial charge in [0.1, 0.15) is 12.6 Å². The Kier molecular flexibility index (Phi) is 6.71. The van der Waals surface area contributed by atoms with Crippen LogP contribution in [0.3, 0.4) is 0 Å². The highest BCUT2D eigenvalue weighted by Crippen LogP contribution is 2.38. The quantitative estimate of drug-likeness (QED) is 0.507. The predicted molar refractivity (Wildman–Crippen MR) is 115 cm³/mol. The van der Waals surface area contributed by atoms with Crippen LogP contribution in [0.4, 0.5) is 26.7 Å². The number of fused-ring (bicyclic) bond motifs is 5. The zero-order valence-corrected chi connectivity index (χ0v) is 18.4. The number of carbonyl (C=O) groups excluding carboxylic acids is 1. The van der Waals surface area contributed by atoms with Gasteiger partial charge in [-0.15, -0.1) is 0 Å². The number of nitrogens with one attached hydrogen (secondary N) is 1. The minimum absolute atomic E-state index is 0.00399. The van der Waals surface area contributed by atoms with Gasteiger partial charge in [-0.3, -0.25) is 0 Å². The molecule has 4 rings (SSSR count). The summed E-state index contributed by atoms with van der Waals surface area (Å²) >= 11 is -0.0891. The number of ether oxygens (including phenoxy) is 1. The first kappa shape index (κ1) is 23.6. The number of hydrogen-bond acceptors (Lipinski definition) is 4. The molecule has 2 amide bonds. The van der Waals surface area contributed by atoms with E-state index in [4.69, 9.17) is 4.74 Å². The molecule has 2 atom stereocenters. The van der Waals surface area contributed by atoms with Gasteiger partial charge >= 0.3 is 6.03 Å². The topological polar surface area (TPSA) is 44.8 Å². The van der Waals surface area contributed by atoms with Gasteiger partial charge in [-0.05, 0) is 35.6 Å². The van der Waals surface area contributed by atoms with Crippen LogP contribution in [0.25, 0.3) is 11.1 Å². The number of likely N-dealkylation sites (N-methyl/N-ethyl adjacent to an activating group) is 1. The van der Waals surface area contributed by atoms with Crippen molar-refractivity contribution < 1.29 is 31.5 Å². The number of amides is 2. The van der Waals surface area contributed by atoms with Crippen LogP contribution in [0.15, 0.2) is 42.5 Å². The molecule has 0 aliphatic carbocycles. The summed E-state index contributed by atoms with van der Waals surface area (Å²) < 4.78 is 77.7. The van der Waals surface area contributed by atoms with E-state index in [-0.39, 0.29) is 37.3 Å². The van der Waals surface area contributed by atoms with Crippen LogP contribution < -0.4 is 9.46 Å². The molecule has 0 spiro atoms. The number of halogens is 5. The number of hydrogen-bond donors (Lipinski definition) is 1. The Morgan fingerprint density at radius 2 is 1.97 bits per heavy atom. The minimum atomic E-state index is -3.41. The zero-order chi connectivity index (χ0) is 23.8. The summed E-state index contributed by atoms with van der Waals surface area (Å²) in [7, 11) is 1.43. The average molecular weight is 487 g/mol. The van der Waals surface area contributed by atoms with E-state index in [0.717, 1.165) is 4.90 Å². The molecule has 2 heterocycles. The second-order valence-corrected chi connectivity index (χ2v) is 8.83. The van der Waals surface area contributed by atoms with Crippen LogP contribution in [-0.2, 0) is 6.42 Å². The van der Waals surface area contributed by atoms with E-state index < -0.39 is 42.2 Å². The number of carbonyl (C=O) groups is 1. The summed E-state index contributed by atoms with van der Waals surface area (Å²) in [5.74, 6) is -6.83. The average Bonchev–Trinajstić information content (AvgIpc) is 3.01. The van der Waals surface area contributed by atoms with Gasteiger partial charge in [0.2, 0.25) is 0 Å². The molecule has 2 aromatic carbocycles. The number of rotatable bonds is 3. The zero-order valence-electron chi connectivity index (χ0n) is 17.6. The summed E-state index contributed by atoms with van der Waals surface area (Å²) in [5.41, 5.74) is 1.70. The van der Waals surface area contributed by atoms with Crippen molar-refractivity contribution in [1.82, 2.24) is 14.5 Å². The van der Waals surface area contributed by atoms with Crippen molar-refractivity contribution in [2.75, 3.05) is 26.7 Å². The molecule has 33 heavy (non-hydrogen) atoms. The molecular formula is C22H22F5N3O2S. The maximum Gasteiger partial charge on any atom is 0.320 e. The van der Waals surface area contributed by atoms with E-state index in [0.29, 0.717) is 16.7 Å². The monoisotopic (exact) mass is 487 g/mol. The van der Waals surface area contributed by atoms with Crippen molar-refractivity contribution in [3.05, 3.63) is 53.8 Å². The Hall–Kier alpha value is -2.53. The van der Waals surface area contributed by atoms with Gasteiger partial charge in [0, 0.05) is 12.6 Å². The van der Waals surface area contributed by atoms with Crippen molar-refractivity contribution in [2.24, 2.45) is 0 Å². The maximum atomic E-state index is 14.9. The highest BCUT2D eigenvalue weighted by Gasteiger charge is 2.56. The fourth-order valence-electron chi connectivity index (χ4n) is 4.22. The molecule has 2 unspecified atom stereocenters. The van der Waals surface area contributed by atoms with E-state index in [2.05, 4.69) is 4.72 Å². The first-order valence-corrected chi connectivity index (χ1v) is 11.1. The summed E-state index contributed by atoms with van der Waals surface area (Å²) in [6, 6.07) is 7.90. The highest BCUT2D eigenvalue weighted by atomic mass is 32.2. The smallest absolute Gasteiger partial charge is 0.320 e. The lowest BCUT2D eigenvalue weighted by Gasteiger charge is -2.31. The Morgan fingerprint density at radius 1 is 1.21 bits per heavy atom. The summed E-state index contributed by atoms with van der Waals surface area (Å²) in [6.07, 6.45) is -0.00399. The van der Waals surface area contributed by atoms with Crippen molar-refractivity contribution in [1.29, 1.82) is 0 Å². The van der Waals surface area contributed by atoms with Gasteiger partial charge in [0.05, 0.1) is 19.1 Å². The molecule has 1 fully saturated rings. The summed E-state index contributed by atoms with van der Waals surface area (Å²) in [5, 5.41) is 0. The normalized spacial score (nSPS) is 22.7. The van der Waals surface area contributed by atoms with Gasteiger partial charge < -0.3 is 14.5 Å². The second kappa shape index (κ2) is 9.38. The van der Waals surface area contributed by atoms with E-state index in [1.54, 1.807) is 36.4 Å². The van der Waals surface area contributed by atoms with Gasteiger partial charge in [0.25, 0.3) is 11.7 Å². The predicted octanol–water partition coefficient (Wildman–Crippen LogP) is 4.63. The fourth-order valence-corrected chi connectivity index (χ4v) is 4.80. The van der Waals surface area contributed by atoms with Crippen LogP contribution in [-0.4, -0.2) is 66.3 Å². The third-order valence-electron chi connectivity index (χ3n) is 5.80. The number of alkyl halides is 4. The van der Waals surface area contributed by atoms with Crippen LogP contribution in [0, 0.1) is 5.82 Å². The minimum Gasteiger partial charge on any atom is -0.488 e. The second-order valence-electron chi connectivity index (χ2n) is 8.00. The number of nitrogens with zero attached hydrogens (tertiary/aromatic N) is 2. The van der Waals surface area contributed by atoms with E-state index in [1.165, 1.54) is 18.0 Å². The summed E-state index contributed by atoms with van der Waals surface area (Å²) in [6.45, 7) is -0.950. The molecule has 0 saturated carbocycles. The standard InChI is InChI=1S/C22H22F5N3O2S/c1-29-8-9-32-18-15(6-3-7-16(18)23)14-5-2-4-13(10-14)11-17-19(28-33-20(24)25)22(26,27)12-30(17)21(29)31/h2-7,10,17,19-20,28H,8-9,11-12H2,1H3. The van der Waals surface area contributed by atoms with E-state index >= 15 is 0 Å². The maximum absolute atomic E-state index is 14.9. The van der Waals surface area contributed by atoms with Crippen molar-refractivity contribution in [2.45, 2.75) is 30.2 Å². The number of urea groups is 1. The Labute approximate surface area is 192 Å². The third-order valence-corrected chi connectivity index (χ3v) is 6.37. The van der Waals surface area contributed by atoms with Gasteiger partial charge in [-0.1, -0.05) is 36.4 Å². The molecule has 0 radical (unpaired) electrons. The Balaban J connectivity index is 1.77. The third kappa shape index (κ3) is 4.89. The lowest BCUT2D eigenvalue weighted by atomic mass is 9.96. The summed E-state index contributed by atoms with van der Waals surface area (Å²) in [4.78, 5) is 15.3. The van der Waals surface area contributed by atoms with Crippen molar-refractivity contribution >= 4 is 18.0 Å². The molecular weight excluding hydrogens is 465 g/mol. The Bertz CT molecular complexity index is 1030. The van der Waals surface area contributed by atoms with E-state index in [1.807, 2.05) is 0 Å². The van der Waals surface area contributed by atoms with Crippen LogP contribution in [0.2, 0.25) is 0 Å². The lowest BCUT2D eigenvalue weighted by molar-refractivity contribution is -0.00458. The molecule has 1 saturated heterocycles. The molecule has 1 N–H and O–H groups in total. The molecule has 11 heteroatoms.